The van der Waals surface area contributed by atoms with Crippen molar-refractivity contribution in [3.8, 4) is 0 Å². The SMILES string of the molecule is CCOC(=O)c1c(C(F)F)cnc(Cl)c1Cl. The van der Waals surface area contributed by atoms with Crippen LogP contribution in [0.3, 0.4) is 0 Å². The highest BCUT2D eigenvalue weighted by Gasteiger charge is 2.25. The van der Waals surface area contributed by atoms with Gasteiger partial charge in [0.25, 0.3) is 6.43 Å². The summed E-state index contributed by atoms with van der Waals surface area (Å²) in [6.07, 6.45) is -2.06. The Kier molecular flexibility index (Phi) is 4.44. The van der Waals surface area contributed by atoms with Crippen LogP contribution >= 0.6 is 23.2 Å². The lowest BCUT2D eigenvalue weighted by molar-refractivity contribution is 0.0515. The smallest absolute Gasteiger partial charge is 0.340 e. The molecule has 3 nitrogen and oxygen atoms in total. The Bertz CT molecular complexity index is 413. The number of esters is 1. The first-order valence-electron chi connectivity index (χ1n) is 4.28. The number of rotatable bonds is 3. The zero-order valence-corrected chi connectivity index (χ0v) is 9.65. The molecule has 0 saturated carbocycles. The van der Waals surface area contributed by atoms with Crippen molar-refractivity contribution >= 4 is 29.2 Å². The predicted molar refractivity (Wildman–Crippen MR) is 55.2 cm³/mol. The molecule has 0 radical (unpaired) electrons. The van der Waals surface area contributed by atoms with Crippen LogP contribution in [0.25, 0.3) is 0 Å². The molecular weight excluding hydrogens is 263 g/mol. The average molecular weight is 270 g/mol. The van der Waals surface area contributed by atoms with Crippen molar-refractivity contribution < 1.29 is 18.3 Å². The van der Waals surface area contributed by atoms with Crippen LogP contribution in [0, 0.1) is 0 Å². The first kappa shape index (κ1) is 13.1. The maximum absolute atomic E-state index is 12.6. The summed E-state index contributed by atoms with van der Waals surface area (Å²) >= 11 is 11.2. The van der Waals surface area contributed by atoms with Gasteiger partial charge in [-0.3, -0.25) is 0 Å². The minimum absolute atomic E-state index is 0.0534. The summed E-state index contributed by atoms with van der Waals surface area (Å²) in [5.74, 6) is -0.938. The zero-order valence-electron chi connectivity index (χ0n) is 8.14. The van der Waals surface area contributed by atoms with E-state index < -0.39 is 23.5 Å². The van der Waals surface area contributed by atoms with Crippen molar-refractivity contribution in [2.24, 2.45) is 0 Å². The molecule has 7 heteroatoms. The Balaban J connectivity index is 3.31. The van der Waals surface area contributed by atoms with E-state index in [1.807, 2.05) is 0 Å². The van der Waals surface area contributed by atoms with E-state index in [1.54, 1.807) is 6.92 Å². The van der Waals surface area contributed by atoms with E-state index in [1.165, 1.54) is 0 Å². The van der Waals surface area contributed by atoms with Gasteiger partial charge in [0, 0.05) is 6.20 Å². The van der Waals surface area contributed by atoms with Crippen molar-refractivity contribution in [2.45, 2.75) is 13.3 Å². The minimum atomic E-state index is -2.87. The van der Waals surface area contributed by atoms with Gasteiger partial charge in [0.1, 0.15) is 5.15 Å². The molecule has 0 aliphatic carbocycles. The van der Waals surface area contributed by atoms with E-state index in [0.717, 1.165) is 6.20 Å². The summed E-state index contributed by atoms with van der Waals surface area (Å²) in [5, 5.41) is -0.535. The molecule has 0 spiro atoms. The highest BCUT2D eigenvalue weighted by atomic mass is 35.5. The largest absolute Gasteiger partial charge is 0.462 e. The lowest BCUT2D eigenvalue weighted by Gasteiger charge is -2.10. The standard InChI is InChI=1S/C9H7Cl2F2NO2/c1-2-16-9(15)5-4(8(12)13)3-14-7(11)6(5)10/h3,8H,2H2,1H3. The molecule has 0 aromatic carbocycles. The second-order valence-electron chi connectivity index (χ2n) is 2.71. The normalized spacial score (nSPS) is 10.6. The molecule has 0 saturated heterocycles. The quantitative estimate of drug-likeness (QED) is 0.623. The Morgan fingerprint density at radius 2 is 2.19 bits per heavy atom. The number of ether oxygens (including phenoxy) is 1. The van der Waals surface area contributed by atoms with Gasteiger partial charge in [-0.05, 0) is 6.92 Å². The number of carbonyl (C=O) groups excluding carboxylic acids is 1. The molecule has 16 heavy (non-hydrogen) atoms. The van der Waals surface area contributed by atoms with Gasteiger partial charge in [0.2, 0.25) is 0 Å². The fourth-order valence-corrected chi connectivity index (χ4v) is 1.43. The number of alkyl halides is 2. The van der Waals surface area contributed by atoms with E-state index in [0.29, 0.717) is 0 Å². The van der Waals surface area contributed by atoms with E-state index in [9.17, 15) is 13.6 Å². The van der Waals surface area contributed by atoms with Gasteiger partial charge in [0.15, 0.2) is 0 Å². The Hall–Kier alpha value is -0.940. The first-order valence-corrected chi connectivity index (χ1v) is 5.03. The van der Waals surface area contributed by atoms with Crippen LogP contribution in [0.2, 0.25) is 10.2 Å². The number of carbonyl (C=O) groups is 1. The molecule has 0 atom stereocenters. The Morgan fingerprint density at radius 1 is 1.56 bits per heavy atom. The van der Waals surface area contributed by atoms with Crippen molar-refractivity contribution in [2.75, 3.05) is 6.61 Å². The summed E-state index contributed by atoms with van der Waals surface area (Å²) < 4.78 is 29.8. The molecule has 1 aromatic heterocycles. The van der Waals surface area contributed by atoms with E-state index in [2.05, 4.69) is 9.72 Å². The van der Waals surface area contributed by atoms with E-state index in [-0.39, 0.29) is 16.8 Å². The van der Waals surface area contributed by atoms with Crippen molar-refractivity contribution in [1.82, 2.24) is 4.98 Å². The monoisotopic (exact) mass is 269 g/mol. The summed E-state index contributed by atoms with van der Waals surface area (Å²) in [6.45, 7) is 1.61. The molecule has 0 amide bonds. The number of hydrogen-bond donors (Lipinski definition) is 0. The Morgan fingerprint density at radius 3 is 2.69 bits per heavy atom. The van der Waals surface area contributed by atoms with Crippen LogP contribution in [-0.4, -0.2) is 17.6 Å². The maximum atomic E-state index is 12.6. The van der Waals surface area contributed by atoms with E-state index >= 15 is 0 Å². The van der Waals surface area contributed by atoms with Gasteiger partial charge in [-0.25, -0.2) is 18.6 Å². The summed E-state index contributed by atoms with van der Waals surface area (Å²) in [4.78, 5) is 14.9. The second-order valence-corrected chi connectivity index (χ2v) is 3.45. The van der Waals surface area contributed by atoms with Crippen LogP contribution in [0.4, 0.5) is 8.78 Å². The fourth-order valence-electron chi connectivity index (χ4n) is 1.05. The molecule has 1 aromatic rings. The van der Waals surface area contributed by atoms with Crippen LogP contribution in [0.5, 0.6) is 0 Å². The molecule has 1 heterocycles. The number of hydrogen-bond acceptors (Lipinski definition) is 3. The van der Waals surface area contributed by atoms with Gasteiger partial charge in [-0.15, -0.1) is 0 Å². The van der Waals surface area contributed by atoms with Crippen LogP contribution in [0.15, 0.2) is 6.20 Å². The topological polar surface area (TPSA) is 39.2 Å². The predicted octanol–water partition coefficient (Wildman–Crippen LogP) is 3.50. The molecule has 0 bridgehead atoms. The molecule has 1 rings (SSSR count). The van der Waals surface area contributed by atoms with Crippen molar-refractivity contribution in [3.63, 3.8) is 0 Å². The van der Waals surface area contributed by atoms with Gasteiger partial charge in [-0.2, -0.15) is 0 Å². The fraction of sp³-hybridized carbons (Fsp3) is 0.333. The second kappa shape index (κ2) is 5.41. The lowest BCUT2D eigenvalue weighted by atomic mass is 10.1. The molecule has 88 valence electrons. The van der Waals surface area contributed by atoms with Crippen molar-refractivity contribution in [3.05, 3.63) is 27.5 Å². The summed E-state index contributed by atoms with van der Waals surface area (Å²) in [5.41, 5.74) is -1.02. The molecule has 0 aliphatic heterocycles. The maximum Gasteiger partial charge on any atom is 0.340 e. The van der Waals surface area contributed by atoms with Crippen LogP contribution < -0.4 is 0 Å². The van der Waals surface area contributed by atoms with E-state index in [4.69, 9.17) is 23.2 Å². The molecule has 0 aliphatic rings. The van der Waals surface area contributed by atoms with Gasteiger partial charge in [0.05, 0.1) is 22.8 Å². The lowest BCUT2D eigenvalue weighted by Crippen LogP contribution is -2.10. The van der Waals surface area contributed by atoms with Gasteiger partial charge >= 0.3 is 5.97 Å². The van der Waals surface area contributed by atoms with Crippen LogP contribution in [-0.2, 0) is 4.74 Å². The molecule has 0 fully saturated rings. The zero-order chi connectivity index (χ0) is 12.3. The average Bonchev–Trinajstić information content (AvgIpc) is 2.21. The third-order valence-electron chi connectivity index (χ3n) is 1.72. The highest BCUT2D eigenvalue weighted by Crippen LogP contribution is 2.32. The molecular formula is C9H7Cl2F2NO2. The minimum Gasteiger partial charge on any atom is -0.462 e. The summed E-state index contributed by atoms with van der Waals surface area (Å²) in [6, 6.07) is 0. The summed E-state index contributed by atoms with van der Waals surface area (Å²) in [7, 11) is 0. The van der Waals surface area contributed by atoms with Gasteiger partial charge in [-0.1, -0.05) is 23.2 Å². The highest BCUT2D eigenvalue weighted by molar-refractivity contribution is 6.43. The first-order chi connectivity index (χ1) is 7.49. The number of nitrogens with zero attached hydrogens (tertiary/aromatic N) is 1. The third-order valence-corrected chi connectivity index (χ3v) is 2.47. The molecule has 0 unspecified atom stereocenters. The van der Waals surface area contributed by atoms with Crippen molar-refractivity contribution in [1.29, 1.82) is 0 Å². The van der Waals surface area contributed by atoms with Gasteiger partial charge < -0.3 is 4.74 Å². The number of halogens is 4. The number of pyridine rings is 1. The number of aromatic nitrogens is 1. The van der Waals surface area contributed by atoms with Crippen LogP contribution in [0.1, 0.15) is 29.3 Å². The molecule has 0 N–H and O–H groups in total. The Labute approximate surface area is 100 Å². The third kappa shape index (κ3) is 2.59.